The molecule has 0 radical (unpaired) electrons. The molecule has 2 aromatic heterocycles. The third-order valence-corrected chi connectivity index (χ3v) is 17.9. The number of rotatable bonds is 10. The van der Waals surface area contributed by atoms with Crippen LogP contribution >= 0.6 is 62.3 Å². The van der Waals surface area contributed by atoms with Crippen LogP contribution < -0.4 is 11.1 Å². The Morgan fingerprint density at radius 1 is 0.644 bits per heavy atom. The fraction of sp³-hybridized carbons (Fsp3) is 0.311. The number of aldehydes is 2. The van der Waals surface area contributed by atoms with Gasteiger partial charge in [0.25, 0.3) is 0 Å². The van der Waals surface area contributed by atoms with Crippen LogP contribution in [-0.4, -0.2) is 61.6 Å². The van der Waals surface area contributed by atoms with Crippen LogP contribution in [0.3, 0.4) is 0 Å². The molecule has 1 amide bonds. The van der Waals surface area contributed by atoms with Gasteiger partial charge in [0, 0.05) is 67.4 Å². The summed E-state index contributed by atoms with van der Waals surface area (Å²) in [7, 11) is 0. The average molecular weight is 1310 g/mol. The monoisotopic (exact) mass is 1300 g/mol. The third kappa shape index (κ3) is 16.5. The molecule has 0 bridgehead atoms. The number of amides is 1. The highest BCUT2D eigenvalue weighted by Crippen LogP contribution is 2.47. The van der Waals surface area contributed by atoms with Crippen molar-refractivity contribution >= 4 is 108 Å². The molecule has 0 unspecified atom stereocenters. The van der Waals surface area contributed by atoms with Crippen LogP contribution in [0, 0.1) is 0 Å². The highest BCUT2D eigenvalue weighted by molar-refractivity contribution is 9.10. The first-order valence-corrected chi connectivity index (χ1v) is 33.0. The quantitative estimate of drug-likeness (QED) is 0.0802. The smallest absolute Gasteiger partial charge is 0.238 e. The summed E-state index contributed by atoms with van der Waals surface area (Å²) in [5.74, 6) is 2.36. The van der Waals surface area contributed by atoms with Gasteiger partial charge in [0.2, 0.25) is 5.91 Å². The first kappa shape index (κ1) is 63.7. The van der Waals surface area contributed by atoms with E-state index in [1.807, 2.05) is 48.4 Å². The molecule has 9 aromatic rings. The van der Waals surface area contributed by atoms with Crippen LogP contribution in [0.5, 0.6) is 0 Å². The summed E-state index contributed by atoms with van der Waals surface area (Å²) in [4.78, 5) is 42.0. The minimum atomic E-state index is -0.750. The van der Waals surface area contributed by atoms with E-state index in [1.165, 1.54) is 99.3 Å². The van der Waals surface area contributed by atoms with Gasteiger partial charge in [0.15, 0.2) is 4.30 Å². The maximum atomic E-state index is 12.8. The summed E-state index contributed by atoms with van der Waals surface area (Å²) in [5.41, 5.74) is 26.4. The van der Waals surface area contributed by atoms with E-state index in [-0.39, 0.29) is 29.9 Å². The molecule has 8 nitrogen and oxygen atoms in total. The minimum absolute atomic E-state index is 0.00950. The molecule has 2 aliphatic heterocycles. The number of carbonyl (C=O) groups is 3. The predicted molar refractivity (Wildman–Crippen MR) is 365 cm³/mol. The predicted octanol–water partition coefficient (Wildman–Crippen LogP) is 18.8. The molecule has 4 aliphatic carbocycles. The Labute approximate surface area is 540 Å². The largest absolute Gasteiger partial charge is 0.361 e. The van der Waals surface area contributed by atoms with Gasteiger partial charge in [-0.05, 0) is 188 Å². The van der Waals surface area contributed by atoms with E-state index in [0.29, 0.717) is 17.6 Å². The summed E-state index contributed by atoms with van der Waals surface area (Å²) >= 11 is 23.7. The number of H-pyrrole nitrogens is 2. The number of para-hydroxylation sites is 2. The second-order valence-electron chi connectivity index (χ2n) is 23.9. The van der Waals surface area contributed by atoms with Crippen molar-refractivity contribution in [1.29, 1.82) is 0 Å². The van der Waals surface area contributed by atoms with Crippen LogP contribution in [0.1, 0.15) is 172 Å². The normalized spacial score (nSPS) is 19.2. The maximum Gasteiger partial charge on any atom is 0.238 e. The first-order valence-electron chi connectivity index (χ1n) is 30.4. The highest BCUT2D eigenvalue weighted by Gasteiger charge is 2.39. The number of aromatic amines is 2. The van der Waals surface area contributed by atoms with E-state index in [1.54, 1.807) is 23.3 Å². The summed E-state index contributed by atoms with van der Waals surface area (Å²) in [6.07, 6.45) is 15.8. The van der Waals surface area contributed by atoms with Gasteiger partial charge in [-0.3, -0.25) is 14.4 Å². The standard InChI is InChI=1S/C23H23ClN2O.C22H23N.C11H14N2.C10H10O.C7H5BrO.CHCl3/c1-14-12-19-18-4-2-3-5-20(18)25-22(19)23(26(14)21(27)13-24)17-10-8-16(9-11-17)15-6-7-15;1-14-12-20-19-5-3-2-4-18(19)13-21(20)22(23-14)17-10-8-16(9-11-17)15-6-7-15;1-8(12)6-9-7-13-11-5-3-2-4-10(9)11;11-7-8-1-3-9(4-2-8)10-5-6-10;8-7-3-1-6(5-9)2-4-7;2-1(3)4/h2-5,8-11,14-15,23,25H,6-7,12-13H2,1H3;2-5,8-11,14-15,22-23H,6-7,12-13H2,1H3;2-5,7-8,13H,6,12H2,1H3;1-4,7,10H,5-6H2;1-5H;1H/t14-,23-;14-,22-;8-;;;/m000.../s1. The molecule has 5 N–H and O–H groups in total. The second-order valence-corrected chi connectivity index (χ2v) is 27.1. The molecule has 6 aliphatic rings. The van der Waals surface area contributed by atoms with Gasteiger partial charge in [0.1, 0.15) is 18.5 Å². The van der Waals surface area contributed by atoms with Crippen LogP contribution in [0.25, 0.3) is 27.4 Å². The van der Waals surface area contributed by atoms with Gasteiger partial charge in [-0.1, -0.05) is 196 Å². The van der Waals surface area contributed by atoms with Gasteiger partial charge in [-0.25, -0.2) is 0 Å². The van der Waals surface area contributed by atoms with Crippen LogP contribution in [0.4, 0.5) is 0 Å². The Kier molecular flexibility index (Phi) is 21.8. The molecule has 4 heterocycles. The first-order chi connectivity index (χ1) is 42.2. The summed E-state index contributed by atoms with van der Waals surface area (Å²) < 4.78 is 0.244. The summed E-state index contributed by atoms with van der Waals surface area (Å²) in [5, 5.41) is 6.40. The zero-order valence-electron chi connectivity index (χ0n) is 49.5. The Morgan fingerprint density at radius 3 is 1.69 bits per heavy atom. The van der Waals surface area contributed by atoms with Gasteiger partial charge in [-0.2, -0.15) is 0 Å². The Hall–Kier alpha value is -6.27. The third-order valence-electron chi connectivity index (χ3n) is 17.2. The van der Waals surface area contributed by atoms with Crippen LogP contribution in [0.2, 0.25) is 0 Å². The molecule has 450 valence electrons. The van der Waals surface area contributed by atoms with Crippen molar-refractivity contribution in [3.8, 4) is 0 Å². The van der Waals surface area contributed by atoms with Gasteiger partial charge >= 0.3 is 0 Å². The number of nitrogens with one attached hydrogen (secondary N) is 3. The zero-order chi connectivity index (χ0) is 61.1. The number of halogens is 5. The number of carbonyl (C=O) groups excluding carboxylic acids is 3. The molecular formula is C74H76BrCl4N5O3. The minimum Gasteiger partial charge on any atom is -0.361 e. The molecule has 0 spiro atoms. The molecule has 3 saturated carbocycles. The number of hydrogen-bond donors (Lipinski definition) is 4. The molecule has 15 rings (SSSR count). The van der Waals surface area contributed by atoms with Gasteiger partial charge < -0.3 is 25.9 Å². The van der Waals surface area contributed by atoms with E-state index >= 15 is 0 Å². The molecule has 0 saturated heterocycles. The number of fused-ring (bicyclic) bond motifs is 6. The van der Waals surface area contributed by atoms with Crippen molar-refractivity contribution in [3.63, 3.8) is 0 Å². The van der Waals surface area contributed by atoms with E-state index in [9.17, 15) is 14.4 Å². The van der Waals surface area contributed by atoms with Gasteiger partial charge in [0.05, 0.1) is 12.1 Å². The second kappa shape index (κ2) is 29.8. The lowest BCUT2D eigenvalue weighted by Gasteiger charge is -2.40. The SMILES string of the molecule is C[C@H](N)Cc1c[nH]c2ccccc12.C[C@H]1CC2=C(Cc3ccccc32)[C@H](c2ccc(C3CC3)cc2)N1.C[C@H]1Cc2c([nH]c3ccccc23)[C@H](c2ccc(C3CC3)cc2)N1C(=O)CCl.ClC(Cl)Cl.O=Cc1ccc(Br)cc1.O=Cc1ccc(C2CC2)cc1. The van der Waals surface area contributed by atoms with Crippen LogP contribution in [-0.2, 0) is 24.1 Å². The zero-order valence-corrected chi connectivity index (χ0v) is 54.1. The molecule has 7 aromatic carbocycles. The van der Waals surface area contributed by atoms with E-state index in [2.05, 4.69) is 172 Å². The number of aromatic nitrogens is 2. The lowest BCUT2D eigenvalue weighted by Crippen LogP contribution is -2.46. The fourth-order valence-electron chi connectivity index (χ4n) is 12.5. The summed E-state index contributed by atoms with van der Waals surface area (Å²) in [6, 6.07) is 60.2. The van der Waals surface area contributed by atoms with E-state index in [0.717, 1.165) is 82.8 Å². The average Bonchev–Trinajstić information content (AvgIpc) is 1.84. The van der Waals surface area contributed by atoms with Gasteiger partial charge in [-0.15, -0.1) is 11.6 Å². The van der Waals surface area contributed by atoms with Crippen molar-refractivity contribution in [3.05, 3.63) is 253 Å². The number of nitrogens with two attached hydrogens (primary N) is 1. The molecule has 5 atom stereocenters. The number of hydrogen-bond acceptors (Lipinski definition) is 5. The van der Waals surface area contributed by atoms with Crippen molar-refractivity contribution in [2.45, 2.75) is 137 Å². The Bertz CT molecular complexity index is 3790. The molecule has 13 heteroatoms. The van der Waals surface area contributed by atoms with Crippen LogP contribution in [0.15, 0.2) is 186 Å². The number of nitrogens with zero attached hydrogens (tertiary/aromatic N) is 1. The summed E-state index contributed by atoms with van der Waals surface area (Å²) in [6.45, 7) is 6.47. The van der Waals surface area contributed by atoms with Crippen molar-refractivity contribution in [1.82, 2.24) is 20.2 Å². The van der Waals surface area contributed by atoms with Crippen molar-refractivity contribution in [2.24, 2.45) is 5.73 Å². The lowest BCUT2D eigenvalue weighted by atomic mass is 9.87. The maximum absolute atomic E-state index is 12.8. The van der Waals surface area contributed by atoms with Crippen molar-refractivity contribution < 1.29 is 14.4 Å². The Morgan fingerprint density at radius 2 is 1.14 bits per heavy atom. The molecule has 87 heavy (non-hydrogen) atoms. The fourth-order valence-corrected chi connectivity index (χ4v) is 12.9. The molecule has 3 fully saturated rings. The highest BCUT2D eigenvalue weighted by atomic mass is 79.9. The topological polar surface area (TPSA) is 124 Å². The van der Waals surface area contributed by atoms with Crippen molar-refractivity contribution in [2.75, 3.05) is 5.88 Å². The lowest BCUT2D eigenvalue weighted by molar-refractivity contribution is -0.133. The number of benzene rings is 7. The molecular weight excluding hydrogens is 1230 g/mol. The van der Waals surface area contributed by atoms with E-state index in [4.69, 9.17) is 52.1 Å². The Balaban J connectivity index is 0.000000125. The van der Waals surface area contributed by atoms with E-state index < -0.39 is 4.30 Å². The number of alkyl halides is 4.